The van der Waals surface area contributed by atoms with Crippen LogP contribution in [0, 0.1) is 11.6 Å². The van der Waals surface area contributed by atoms with Crippen LogP contribution in [-0.2, 0) is 6.42 Å². The maximum Gasteiger partial charge on any atom is 0.277 e. The third-order valence-electron chi connectivity index (χ3n) is 3.32. The van der Waals surface area contributed by atoms with Gasteiger partial charge in [0.25, 0.3) is 5.91 Å². The van der Waals surface area contributed by atoms with Crippen molar-refractivity contribution >= 4 is 23.3 Å². The highest BCUT2D eigenvalue weighted by molar-refractivity contribution is 6.29. The first-order valence-corrected chi connectivity index (χ1v) is 7.58. The van der Waals surface area contributed by atoms with E-state index in [-0.39, 0.29) is 10.8 Å². The lowest BCUT2D eigenvalue weighted by Gasteiger charge is -2.06. The number of nitrogens with zero attached hydrogens (tertiary/aromatic N) is 3. The Labute approximate surface area is 146 Å². The van der Waals surface area contributed by atoms with E-state index in [4.69, 9.17) is 11.6 Å². The molecule has 3 aromatic rings. The molecule has 8 heteroatoms. The number of pyridine rings is 1. The van der Waals surface area contributed by atoms with E-state index in [1.165, 1.54) is 18.2 Å². The summed E-state index contributed by atoms with van der Waals surface area (Å²) < 4.78 is 26.1. The van der Waals surface area contributed by atoms with Crippen LogP contribution in [0.1, 0.15) is 21.6 Å². The van der Waals surface area contributed by atoms with Gasteiger partial charge in [-0.25, -0.2) is 13.8 Å². The van der Waals surface area contributed by atoms with Gasteiger partial charge in [-0.15, -0.1) is 10.2 Å². The van der Waals surface area contributed by atoms with Gasteiger partial charge >= 0.3 is 0 Å². The minimum atomic E-state index is -0.890. The molecule has 0 atom stereocenters. The normalized spacial score (nSPS) is 10.5. The zero-order valence-electron chi connectivity index (χ0n) is 12.7. The number of amides is 1. The number of carbonyl (C=O) groups excluding carboxylic acids is 1. The Kier molecular flexibility index (Phi) is 4.95. The fourth-order valence-corrected chi connectivity index (χ4v) is 2.21. The molecule has 1 N–H and O–H groups in total. The molecule has 3 rings (SSSR count). The summed E-state index contributed by atoms with van der Waals surface area (Å²) in [6.45, 7) is 0. The van der Waals surface area contributed by atoms with Crippen LogP contribution in [-0.4, -0.2) is 21.1 Å². The molecule has 0 spiro atoms. The van der Waals surface area contributed by atoms with E-state index in [2.05, 4.69) is 20.5 Å². The lowest BCUT2D eigenvalue weighted by atomic mass is 10.1. The van der Waals surface area contributed by atoms with Crippen molar-refractivity contribution in [1.29, 1.82) is 0 Å². The van der Waals surface area contributed by atoms with Crippen molar-refractivity contribution in [2.45, 2.75) is 6.42 Å². The molecular formula is C17H11ClF2N4O. The van der Waals surface area contributed by atoms with Gasteiger partial charge in [-0.05, 0) is 47.9 Å². The number of carbonyl (C=O) groups is 1. The second-order valence-electron chi connectivity index (χ2n) is 5.17. The van der Waals surface area contributed by atoms with Crippen LogP contribution < -0.4 is 5.32 Å². The first-order chi connectivity index (χ1) is 12.0. The van der Waals surface area contributed by atoms with Crippen molar-refractivity contribution in [2.75, 3.05) is 5.32 Å². The number of benzene rings is 1. The predicted molar refractivity (Wildman–Crippen MR) is 88.4 cm³/mol. The zero-order chi connectivity index (χ0) is 17.8. The minimum Gasteiger partial charge on any atom is -0.305 e. The van der Waals surface area contributed by atoms with E-state index in [0.717, 1.165) is 17.7 Å². The van der Waals surface area contributed by atoms with Crippen molar-refractivity contribution in [1.82, 2.24) is 15.2 Å². The van der Waals surface area contributed by atoms with Gasteiger partial charge in [-0.2, -0.15) is 0 Å². The number of rotatable bonds is 4. The van der Waals surface area contributed by atoms with Crippen LogP contribution in [0.15, 0.2) is 48.7 Å². The Morgan fingerprint density at radius 2 is 1.80 bits per heavy atom. The Morgan fingerprint density at radius 1 is 1.00 bits per heavy atom. The first-order valence-electron chi connectivity index (χ1n) is 7.21. The summed E-state index contributed by atoms with van der Waals surface area (Å²) in [5, 5.41) is 10.0. The first kappa shape index (κ1) is 16.9. The average Bonchev–Trinajstić information content (AvgIpc) is 2.60. The van der Waals surface area contributed by atoms with Crippen LogP contribution in [0.5, 0.6) is 0 Å². The minimum absolute atomic E-state index is 0.108. The maximum absolute atomic E-state index is 13.2. The molecule has 25 heavy (non-hydrogen) atoms. The molecule has 126 valence electrons. The molecule has 0 saturated heterocycles. The molecule has 0 aliphatic carbocycles. The van der Waals surface area contributed by atoms with Crippen LogP contribution in [0.2, 0.25) is 5.15 Å². The third kappa shape index (κ3) is 4.33. The standard InChI is InChI=1S/C17H11ClF2N4O/c18-15-5-4-14(23-24-15)17(25)22-16-6-2-11(9-21-16)7-10-1-3-12(19)13(20)8-10/h1-6,8-9H,7H2,(H,21,22,25). The fourth-order valence-electron chi connectivity index (χ4n) is 2.11. The van der Waals surface area contributed by atoms with Crippen LogP contribution in [0.25, 0.3) is 0 Å². The molecule has 0 fully saturated rings. The van der Waals surface area contributed by atoms with E-state index in [1.54, 1.807) is 18.3 Å². The highest BCUT2D eigenvalue weighted by atomic mass is 35.5. The molecule has 0 saturated carbocycles. The molecule has 0 radical (unpaired) electrons. The zero-order valence-corrected chi connectivity index (χ0v) is 13.5. The molecular weight excluding hydrogens is 350 g/mol. The van der Waals surface area contributed by atoms with Crippen LogP contribution in [0.4, 0.5) is 14.6 Å². The summed E-state index contributed by atoms with van der Waals surface area (Å²) in [6.07, 6.45) is 1.94. The maximum atomic E-state index is 13.2. The number of anilines is 1. The van der Waals surface area contributed by atoms with Crippen LogP contribution >= 0.6 is 11.6 Å². The molecule has 1 amide bonds. The van der Waals surface area contributed by atoms with Gasteiger partial charge in [0, 0.05) is 6.20 Å². The van der Waals surface area contributed by atoms with Gasteiger partial charge in [0.1, 0.15) is 5.82 Å². The van der Waals surface area contributed by atoms with Crippen LogP contribution in [0.3, 0.4) is 0 Å². The van der Waals surface area contributed by atoms with Gasteiger partial charge < -0.3 is 5.32 Å². The SMILES string of the molecule is O=C(Nc1ccc(Cc2ccc(F)c(F)c2)cn1)c1ccc(Cl)nn1. The van der Waals surface area contributed by atoms with E-state index in [1.807, 2.05) is 0 Å². The largest absolute Gasteiger partial charge is 0.305 e. The number of aromatic nitrogens is 3. The van der Waals surface area contributed by atoms with E-state index >= 15 is 0 Å². The number of hydrogen-bond donors (Lipinski definition) is 1. The molecule has 2 heterocycles. The van der Waals surface area contributed by atoms with Crippen molar-refractivity contribution in [2.24, 2.45) is 0 Å². The summed E-state index contributed by atoms with van der Waals surface area (Å²) in [5.74, 6) is -1.91. The van der Waals surface area contributed by atoms with Gasteiger partial charge in [0.15, 0.2) is 22.5 Å². The summed E-state index contributed by atoms with van der Waals surface area (Å²) in [6, 6.07) is 9.98. The molecule has 1 aromatic carbocycles. The van der Waals surface area contributed by atoms with Gasteiger partial charge in [-0.1, -0.05) is 23.7 Å². The second-order valence-corrected chi connectivity index (χ2v) is 5.56. The monoisotopic (exact) mass is 360 g/mol. The Balaban J connectivity index is 1.66. The smallest absolute Gasteiger partial charge is 0.277 e. The molecule has 0 bridgehead atoms. The Hall–Kier alpha value is -2.93. The van der Waals surface area contributed by atoms with E-state index in [9.17, 15) is 13.6 Å². The predicted octanol–water partition coefficient (Wildman–Crippen LogP) is 3.65. The lowest BCUT2D eigenvalue weighted by Crippen LogP contribution is -2.15. The number of nitrogens with one attached hydrogen (secondary N) is 1. The third-order valence-corrected chi connectivity index (χ3v) is 3.52. The summed E-state index contributed by atoms with van der Waals surface area (Å²) in [7, 11) is 0. The summed E-state index contributed by atoms with van der Waals surface area (Å²) >= 11 is 5.62. The fraction of sp³-hybridized carbons (Fsp3) is 0.0588. The van der Waals surface area contributed by atoms with Gasteiger partial charge in [-0.3, -0.25) is 4.79 Å². The van der Waals surface area contributed by atoms with Crippen molar-refractivity contribution in [3.63, 3.8) is 0 Å². The van der Waals surface area contributed by atoms with E-state index < -0.39 is 17.5 Å². The van der Waals surface area contributed by atoms with E-state index in [0.29, 0.717) is 17.8 Å². The summed E-state index contributed by atoms with van der Waals surface area (Å²) in [4.78, 5) is 16.1. The molecule has 5 nitrogen and oxygen atoms in total. The molecule has 0 aliphatic rings. The highest BCUT2D eigenvalue weighted by Crippen LogP contribution is 2.14. The number of halogens is 3. The second kappa shape index (κ2) is 7.31. The molecule has 2 aromatic heterocycles. The topological polar surface area (TPSA) is 67.8 Å². The highest BCUT2D eigenvalue weighted by Gasteiger charge is 2.09. The Bertz CT molecular complexity index is 902. The summed E-state index contributed by atoms with van der Waals surface area (Å²) in [5.41, 5.74) is 1.52. The number of hydrogen-bond acceptors (Lipinski definition) is 4. The molecule has 0 unspecified atom stereocenters. The quantitative estimate of drug-likeness (QED) is 0.771. The lowest BCUT2D eigenvalue weighted by molar-refractivity contribution is 0.102. The van der Waals surface area contributed by atoms with Gasteiger partial charge in [0.05, 0.1) is 0 Å². The average molecular weight is 361 g/mol. The molecule has 0 aliphatic heterocycles. The van der Waals surface area contributed by atoms with Gasteiger partial charge in [0.2, 0.25) is 0 Å². The van der Waals surface area contributed by atoms with Crippen molar-refractivity contribution < 1.29 is 13.6 Å². The van der Waals surface area contributed by atoms with Crippen molar-refractivity contribution in [3.05, 3.63) is 82.3 Å². The Morgan fingerprint density at radius 3 is 2.44 bits per heavy atom. The van der Waals surface area contributed by atoms with Crippen molar-refractivity contribution in [3.8, 4) is 0 Å².